The number of anilines is 1. The summed E-state index contributed by atoms with van der Waals surface area (Å²) in [6, 6.07) is 4.43. The zero-order valence-electron chi connectivity index (χ0n) is 8.94. The Morgan fingerprint density at radius 1 is 1.65 bits per heavy atom. The van der Waals surface area contributed by atoms with Crippen LogP contribution in [-0.4, -0.2) is 16.7 Å². The normalized spacial score (nSPS) is 11.9. The molecule has 1 atom stereocenters. The second-order valence-electron chi connectivity index (χ2n) is 3.46. The van der Waals surface area contributed by atoms with Gasteiger partial charge in [0.15, 0.2) is 0 Å². The molecule has 5 nitrogen and oxygen atoms in total. The summed E-state index contributed by atoms with van der Waals surface area (Å²) in [6.07, 6.45) is 0. The van der Waals surface area contributed by atoms with Crippen LogP contribution in [0.1, 0.15) is 6.92 Å². The molecule has 0 heterocycles. The van der Waals surface area contributed by atoms with E-state index in [1.54, 1.807) is 13.0 Å². The van der Waals surface area contributed by atoms with Crippen LogP contribution in [0.15, 0.2) is 22.7 Å². The average molecular weight is 322 g/mol. The average Bonchev–Trinajstić information content (AvgIpc) is 2.29. The van der Waals surface area contributed by atoms with Crippen molar-refractivity contribution in [3.05, 3.63) is 32.8 Å². The summed E-state index contributed by atoms with van der Waals surface area (Å²) < 4.78 is 0.576. The van der Waals surface area contributed by atoms with Gasteiger partial charge in [-0.05, 0) is 12.1 Å². The number of alkyl halides is 1. The van der Waals surface area contributed by atoms with Crippen LogP contribution in [0.25, 0.3) is 0 Å². The molecule has 0 bridgehead atoms. The van der Waals surface area contributed by atoms with Gasteiger partial charge >= 0.3 is 0 Å². The van der Waals surface area contributed by atoms with Crippen molar-refractivity contribution >= 4 is 44.8 Å². The fourth-order valence-electron chi connectivity index (χ4n) is 1.09. The molecular formula is C10H10BrClN2O3. The van der Waals surface area contributed by atoms with E-state index in [-0.39, 0.29) is 23.2 Å². The largest absolute Gasteiger partial charge is 0.320 e. The molecule has 1 unspecified atom stereocenters. The first kappa shape index (κ1) is 13.9. The number of nitro benzene ring substituents is 1. The number of amides is 1. The summed E-state index contributed by atoms with van der Waals surface area (Å²) in [7, 11) is 0. The number of benzene rings is 1. The molecule has 0 saturated heterocycles. The first-order valence-corrected chi connectivity index (χ1v) is 6.09. The standard InChI is InChI=1S/C10H10BrClN2O3/c1-6(5-12)10(15)13-8-3-2-7(11)4-9(8)14(16)17/h2-4,6H,5H2,1H3,(H,13,15). The molecule has 92 valence electrons. The van der Waals surface area contributed by atoms with Gasteiger partial charge in [-0.25, -0.2) is 0 Å². The van der Waals surface area contributed by atoms with Crippen molar-refractivity contribution in [2.75, 3.05) is 11.2 Å². The fourth-order valence-corrected chi connectivity index (χ4v) is 1.58. The van der Waals surface area contributed by atoms with Gasteiger partial charge in [-0.15, -0.1) is 11.6 Å². The van der Waals surface area contributed by atoms with Crippen molar-refractivity contribution < 1.29 is 9.72 Å². The second-order valence-corrected chi connectivity index (χ2v) is 4.69. The second kappa shape index (κ2) is 5.97. The number of nitrogens with zero attached hydrogens (tertiary/aromatic N) is 1. The van der Waals surface area contributed by atoms with Gasteiger partial charge in [-0.3, -0.25) is 14.9 Å². The van der Waals surface area contributed by atoms with E-state index in [9.17, 15) is 14.9 Å². The van der Waals surface area contributed by atoms with E-state index in [1.807, 2.05) is 0 Å². The minimum atomic E-state index is -0.550. The number of carbonyl (C=O) groups is 1. The number of nitro groups is 1. The third-order valence-corrected chi connectivity index (χ3v) is 3.05. The third-order valence-electron chi connectivity index (χ3n) is 2.09. The molecule has 0 fully saturated rings. The molecule has 0 aliphatic heterocycles. The lowest BCUT2D eigenvalue weighted by molar-refractivity contribution is -0.384. The Labute approximate surface area is 111 Å². The van der Waals surface area contributed by atoms with Crippen molar-refractivity contribution in [2.24, 2.45) is 5.92 Å². The molecule has 0 radical (unpaired) electrons. The molecular weight excluding hydrogens is 311 g/mol. The van der Waals surface area contributed by atoms with E-state index >= 15 is 0 Å². The van der Waals surface area contributed by atoms with E-state index in [2.05, 4.69) is 21.2 Å². The number of hydrogen-bond donors (Lipinski definition) is 1. The van der Waals surface area contributed by atoms with Crippen LogP contribution < -0.4 is 5.32 Å². The van der Waals surface area contributed by atoms with Crippen molar-refractivity contribution in [1.29, 1.82) is 0 Å². The zero-order chi connectivity index (χ0) is 13.0. The molecule has 0 aliphatic carbocycles. The van der Waals surface area contributed by atoms with Crippen LogP contribution in [-0.2, 0) is 4.79 Å². The Kier molecular flexibility index (Phi) is 4.89. The Balaban J connectivity index is 2.98. The number of rotatable bonds is 4. The highest BCUT2D eigenvalue weighted by atomic mass is 79.9. The van der Waals surface area contributed by atoms with E-state index in [0.717, 1.165) is 0 Å². The summed E-state index contributed by atoms with van der Waals surface area (Å²) >= 11 is 8.67. The van der Waals surface area contributed by atoms with E-state index in [1.165, 1.54) is 12.1 Å². The van der Waals surface area contributed by atoms with Crippen LogP contribution in [0, 0.1) is 16.0 Å². The molecule has 0 aliphatic rings. The number of halogens is 2. The van der Waals surface area contributed by atoms with Gasteiger partial charge in [0, 0.05) is 22.3 Å². The minimum Gasteiger partial charge on any atom is -0.320 e. The molecule has 0 aromatic heterocycles. The van der Waals surface area contributed by atoms with Gasteiger partial charge in [0.25, 0.3) is 5.69 Å². The lowest BCUT2D eigenvalue weighted by Gasteiger charge is -2.09. The summed E-state index contributed by atoms with van der Waals surface area (Å²) in [6.45, 7) is 1.65. The molecule has 1 aromatic carbocycles. The highest BCUT2D eigenvalue weighted by Crippen LogP contribution is 2.28. The number of nitrogens with one attached hydrogen (secondary N) is 1. The van der Waals surface area contributed by atoms with Crippen molar-refractivity contribution in [3.63, 3.8) is 0 Å². The molecule has 1 N–H and O–H groups in total. The molecule has 0 saturated carbocycles. The van der Waals surface area contributed by atoms with Crippen molar-refractivity contribution in [2.45, 2.75) is 6.92 Å². The Morgan fingerprint density at radius 2 is 2.29 bits per heavy atom. The first-order valence-electron chi connectivity index (χ1n) is 4.76. The SMILES string of the molecule is CC(CCl)C(=O)Nc1ccc(Br)cc1[N+](=O)[O-]. The van der Waals surface area contributed by atoms with Gasteiger partial charge in [0.1, 0.15) is 5.69 Å². The van der Waals surface area contributed by atoms with Crippen LogP contribution in [0.3, 0.4) is 0 Å². The van der Waals surface area contributed by atoms with Gasteiger partial charge < -0.3 is 5.32 Å². The predicted molar refractivity (Wildman–Crippen MR) is 69.3 cm³/mol. The van der Waals surface area contributed by atoms with Gasteiger partial charge in [-0.2, -0.15) is 0 Å². The van der Waals surface area contributed by atoms with Crippen molar-refractivity contribution in [3.8, 4) is 0 Å². The molecule has 0 spiro atoms. The number of carbonyl (C=O) groups excluding carboxylic acids is 1. The Bertz CT molecular complexity index is 453. The molecule has 17 heavy (non-hydrogen) atoms. The maximum Gasteiger partial charge on any atom is 0.293 e. The van der Waals surface area contributed by atoms with E-state index in [0.29, 0.717) is 4.47 Å². The quantitative estimate of drug-likeness (QED) is 0.526. The highest BCUT2D eigenvalue weighted by Gasteiger charge is 2.18. The van der Waals surface area contributed by atoms with Crippen LogP contribution in [0.5, 0.6) is 0 Å². The highest BCUT2D eigenvalue weighted by molar-refractivity contribution is 9.10. The summed E-state index contributed by atoms with van der Waals surface area (Å²) in [5.74, 6) is -0.582. The molecule has 7 heteroatoms. The van der Waals surface area contributed by atoms with Crippen LogP contribution in [0.2, 0.25) is 0 Å². The maximum atomic E-state index is 11.6. The lowest BCUT2D eigenvalue weighted by atomic mass is 10.2. The van der Waals surface area contributed by atoms with Gasteiger partial charge in [0.2, 0.25) is 5.91 Å². The maximum absolute atomic E-state index is 11.6. The van der Waals surface area contributed by atoms with Crippen LogP contribution >= 0.6 is 27.5 Å². The minimum absolute atomic E-state index is 0.158. The fraction of sp³-hybridized carbons (Fsp3) is 0.300. The molecule has 1 aromatic rings. The summed E-state index contributed by atoms with van der Waals surface area (Å²) in [5, 5.41) is 13.3. The Hall–Kier alpha value is -1.14. The topological polar surface area (TPSA) is 72.2 Å². The molecule has 1 rings (SSSR count). The lowest BCUT2D eigenvalue weighted by Crippen LogP contribution is -2.21. The van der Waals surface area contributed by atoms with Gasteiger partial charge in [-0.1, -0.05) is 22.9 Å². The summed E-state index contributed by atoms with van der Waals surface area (Å²) in [5.41, 5.74) is 0.00895. The van der Waals surface area contributed by atoms with E-state index in [4.69, 9.17) is 11.6 Å². The first-order chi connectivity index (χ1) is 7.95. The smallest absolute Gasteiger partial charge is 0.293 e. The van der Waals surface area contributed by atoms with Crippen LogP contribution in [0.4, 0.5) is 11.4 Å². The summed E-state index contributed by atoms with van der Waals surface area (Å²) in [4.78, 5) is 21.8. The number of hydrogen-bond acceptors (Lipinski definition) is 3. The van der Waals surface area contributed by atoms with Crippen molar-refractivity contribution in [1.82, 2.24) is 0 Å². The third kappa shape index (κ3) is 3.67. The van der Waals surface area contributed by atoms with Gasteiger partial charge in [0.05, 0.1) is 4.92 Å². The monoisotopic (exact) mass is 320 g/mol. The Morgan fingerprint density at radius 3 is 2.82 bits per heavy atom. The molecule has 1 amide bonds. The zero-order valence-corrected chi connectivity index (χ0v) is 11.3. The van der Waals surface area contributed by atoms with E-state index < -0.39 is 10.8 Å². The predicted octanol–water partition coefficient (Wildman–Crippen LogP) is 3.17.